The van der Waals surface area contributed by atoms with E-state index in [-0.39, 0.29) is 24.2 Å². The summed E-state index contributed by atoms with van der Waals surface area (Å²) in [4.78, 5) is 26.0. The van der Waals surface area contributed by atoms with E-state index in [4.69, 9.17) is 4.74 Å². The van der Waals surface area contributed by atoms with Crippen LogP contribution in [0.5, 0.6) is 5.75 Å². The Morgan fingerprint density at radius 1 is 1.17 bits per heavy atom. The van der Waals surface area contributed by atoms with Crippen molar-refractivity contribution < 1.29 is 19.4 Å². The van der Waals surface area contributed by atoms with Crippen LogP contribution in [0.2, 0.25) is 0 Å². The van der Waals surface area contributed by atoms with E-state index in [9.17, 15) is 14.7 Å². The van der Waals surface area contributed by atoms with Crippen molar-refractivity contribution in [2.45, 2.75) is 65.5 Å². The highest BCUT2D eigenvalue weighted by atomic mass is 16.6. The number of carbonyl (C=O) groups is 2. The van der Waals surface area contributed by atoms with Crippen LogP contribution in [0.15, 0.2) is 30.5 Å². The zero-order valence-electron chi connectivity index (χ0n) is 17.6. The number of likely N-dealkylation sites (N-methyl/N-ethyl adjacent to an activating group) is 1. The second-order valence-electron chi connectivity index (χ2n) is 7.86. The Labute approximate surface area is 171 Å². The fourth-order valence-corrected chi connectivity index (χ4v) is 2.86. The molecule has 2 rings (SSSR count). The van der Waals surface area contributed by atoms with Crippen LogP contribution in [0.1, 0.15) is 52.7 Å². The maximum Gasteiger partial charge on any atom is 0.306 e. The van der Waals surface area contributed by atoms with Crippen molar-refractivity contribution in [3.8, 4) is 5.75 Å². The summed E-state index contributed by atoms with van der Waals surface area (Å²) in [5.74, 6) is -0.148. The molecule has 8 heteroatoms. The van der Waals surface area contributed by atoms with Crippen LogP contribution >= 0.6 is 0 Å². The lowest BCUT2D eigenvalue weighted by atomic mass is 10.1. The van der Waals surface area contributed by atoms with Crippen molar-refractivity contribution in [2.24, 2.45) is 0 Å². The minimum atomic E-state index is -0.460. The molecule has 158 valence electrons. The number of hydrogen-bond acceptors (Lipinski definition) is 6. The van der Waals surface area contributed by atoms with Gasteiger partial charge in [-0.2, -0.15) is 0 Å². The maximum atomic E-state index is 12.6. The minimum absolute atomic E-state index is 0.0830. The normalized spacial score (nSPS) is 11.3. The van der Waals surface area contributed by atoms with E-state index in [2.05, 4.69) is 10.3 Å². The number of phenolic OH excluding ortho intramolecular Hbond substituents is 1. The number of anilines is 1. The quantitative estimate of drug-likeness (QED) is 0.511. The van der Waals surface area contributed by atoms with Gasteiger partial charge in [0.15, 0.2) is 0 Å². The van der Waals surface area contributed by atoms with Crippen molar-refractivity contribution in [1.29, 1.82) is 0 Å². The number of nitrogens with zero attached hydrogens (tertiary/aromatic N) is 4. The molecule has 29 heavy (non-hydrogen) atoms. The SMILES string of the molecule is CCN(C(=O)Cn1cc(CCCCC(=O)OC(C)(C)C)nn1)c1ccc(O)cc1. The number of unbranched alkanes of at least 4 members (excludes halogenated alkanes) is 1. The van der Waals surface area contributed by atoms with Gasteiger partial charge in [-0.3, -0.25) is 9.59 Å². The lowest BCUT2D eigenvalue weighted by Gasteiger charge is -2.20. The highest BCUT2D eigenvalue weighted by Crippen LogP contribution is 2.18. The summed E-state index contributed by atoms with van der Waals surface area (Å²) in [6.07, 6.45) is 4.33. The van der Waals surface area contributed by atoms with Crippen molar-refractivity contribution in [3.05, 3.63) is 36.2 Å². The highest BCUT2D eigenvalue weighted by molar-refractivity contribution is 5.93. The van der Waals surface area contributed by atoms with Crippen LogP contribution in [0.25, 0.3) is 0 Å². The van der Waals surface area contributed by atoms with Gasteiger partial charge in [-0.25, -0.2) is 4.68 Å². The Morgan fingerprint density at radius 2 is 1.86 bits per heavy atom. The van der Waals surface area contributed by atoms with E-state index >= 15 is 0 Å². The molecule has 0 aliphatic carbocycles. The second kappa shape index (κ2) is 10.0. The molecule has 0 bridgehead atoms. The van der Waals surface area contributed by atoms with Crippen LogP contribution in [-0.2, 0) is 27.3 Å². The molecule has 1 aromatic carbocycles. The molecule has 2 aromatic rings. The van der Waals surface area contributed by atoms with Gasteiger partial charge in [0.1, 0.15) is 17.9 Å². The summed E-state index contributed by atoms with van der Waals surface area (Å²) in [6.45, 7) is 8.04. The molecule has 1 heterocycles. The molecule has 0 spiro atoms. The molecular formula is C21H30N4O4. The van der Waals surface area contributed by atoms with E-state index < -0.39 is 5.60 Å². The summed E-state index contributed by atoms with van der Waals surface area (Å²) in [5, 5.41) is 17.5. The zero-order chi connectivity index (χ0) is 21.4. The van der Waals surface area contributed by atoms with Crippen molar-refractivity contribution in [3.63, 3.8) is 0 Å². The maximum absolute atomic E-state index is 12.6. The third-order valence-electron chi connectivity index (χ3n) is 4.15. The predicted molar refractivity (Wildman–Crippen MR) is 110 cm³/mol. The number of benzene rings is 1. The van der Waals surface area contributed by atoms with Gasteiger partial charge in [-0.15, -0.1) is 5.10 Å². The molecule has 8 nitrogen and oxygen atoms in total. The monoisotopic (exact) mass is 402 g/mol. The molecule has 0 saturated carbocycles. The number of carbonyl (C=O) groups excluding carboxylic acids is 2. The average Bonchev–Trinajstić information content (AvgIpc) is 3.07. The Bertz CT molecular complexity index is 809. The molecule has 0 aliphatic rings. The summed E-state index contributed by atoms with van der Waals surface area (Å²) < 4.78 is 6.81. The van der Waals surface area contributed by atoms with E-state index in [1.165, 1.54) is 4.68 Å². The van der Waals surface area contributed by atoms with Crippen LogP contribution in [0.3, 0.4) is 0 Å². The second-order valence-corrected chi connectivity index (χ2v) is 7.86. The van der Waals surface area contributed by atoms with Gasteiger partial charge in [-0.1, -0.05) is 5.21 Å². The third kappa shape index (κ3) is 7.56. The molecule has 0 aliphatic heterocycles. The Morgan fingerprint density at radius 3 is 2.48 bits per heavy atom. The molecule has 0 radical (unpaired) electrons. The van der Waals surface area contributed by atoms with E-state index in [0.717, 1.165) is 17.8 Å². The molecule has 0 fully saturated rings. The van der Waals surface area contributed by atoms with Gasteiger partial charge < -0.3 is 14.7 Å². The predicted octanol–water partition coefficient (Wildman–Crippen LogP) is 3.09. The van der Waals surface area contributed by atoms with E-state index in [1.54, 1.807) is 35.4 Å². The first-order valence-corrected chi connectivity index (χ1v) is 9.88. The average molecular weight is 402 g/mol. The number of amides is 1. The molecular weight excluding hydrogens is 372 g/mol. The largest absolute Gasteiger partial charge is 0.508 e. The number of aromatic hydroxyl groups is 1. The topological polar surface area (TPSA) is 97.6 Å². The highest BCUT2D eigenvalue weighted by Gasteiger charge is 2.17. The summed E-state index contributed by atoms with van der Waals surface area (Å²) in [5.41, 5.74) is 1.05. The summed E-state index contributed by atoms with van der Waals surface area (Å²) in [7, 11) is 0. The van der Waals surface area contributed by atoms with Crippen LogP contribution < -0.4 is 4.90 Å². The third-order valence-corrected chi connectivity index (χ3v) is 4.15. The fourth-order valence-electron chi connectivity index (χ4n) is 2.86. The minimum Gasteiger partial charge on any atom is -0.508 e. The number of aryl methyl sites for hydroxylation is 1. The van der Waals surface area contributed by atoms with E-state index in [1.807, 2.05) is 27.7 Å². The Balaban J connectivity index is 1.81. The Hall–Kier alpha value is -2.90. The number of ether oxygens (including phenoxy) is 1. The molecule has 1 amide bonds. The van der Waals surface area contributed by atoms with Crippen molar-refractivity contribution in [2.75, 3.05) is 11.4 Å². The van der Waals surface area contributed by atoms with Gasteiger partial charge in [0.2, 0.25) is 5.91 Å². The van der Waals surface area contributed by atoms with Crippen molar-refractivity contribution in [1.82, 2.24) is 15.0 Å². The smallest absolute Gasteiger partial charge is 0.306 e. The zero-order valence-corrected chi connectivity index (χ0v) is 17.6. The fraction of sp³-hybridized carbons (Fsp3) is 0.524. The summed E-state index contributed by atoms with van der Waals surface area (Å²) >= 11 is 0. The Kier molecular flexibility index (Phi) is 7.75. The van der Waals surface area contributed by atoms with Gasteiger partial charge in [-0.05, 0) is 71.2 Å². The number of aromatic nitrogens is 3. The molecule has 1 N–H and O–H groups in total. The first kappa shape index (κ1) is 22.4. The molecule has 0 atom stereocenters. The molecule has 0 saturated heterocycles. The molecule has 0 unspecified atom stereocenters. The van der Waals surface area contributed by atoms with Gasteiger partial charge in [0.25, 0.3) is 0 Å². The van der Waals surface area contributed by atoms with Crippen molar-refractivity contribution >= 4 is 17.6 Å². The molecule has 1 aromatic heterocycles. The number of phenols is 1. The van der Waals surface area contributed by atoms with Crippen LogP contribution in [-0.4, -0.2) is 44.1 Å². The van der Waals surface area contributed by atoms with E-state index in [0.29, 0.717) is 25.8 Å². The van der Waals surface area contributed by atoms with Crippen LogP contribution in [0, 0.1) is 0 Å². The summed E-state index contributed by atoms with van der Waals surface area (Å²) in [6, 6.07) is 6.51. The van der Waals surface area contributed by atoms with Gasteiger partial charge in [0.05, 0.1) is 5.69 Å². The number of esters is 1. The lowest BCUT2D eigenvalue weighted by Crippen LogP contribution is -2.33. The first-order chi connectivity index (χ1) is 13.7. The number of rotatable bonds is 9. The van der Waals surface area contributed by atoms with Gasteiger partial charge in [0, 0.05) is 24.8 Å². The number of hydrogen-bond donors (Lipinski definition) is 1. The lowest BCUT2D eigenvalue weighted by molar-refractivity contribution is -0.154. The first-order valence-electron chi connectivity index (χ1n) is 9.88. The van der Waals surface area contributed by atoms with Gasteiger partial charge >= 0.3 is 5.97 Å². The van der Waals surface area contributed by atoms with Crippen LogP contribution in [0.4, 0.5) is 5.69 Å². The standard InChI is InChI=1S/C21H30N4O4/c1-5-25(17-10-12-18(26)13-11-17)19(27)15-24-14-16(22-23-24)8-6-7-9-20(28)29-21(2,3)4/h10-14,26H,5-9,15H2,1-4H3.